The number of hydrogen-bond acceptors (Lipinski definition) is 6. The molecule has 5 rings (SSSR count). The van der Waals surface area contributed by atoms with Crippen LogP contribution in [0.2, 0.25) is 5.02 Å². The highest BCUT2D eigenvalue weighted by atomic mass is 35.5. The molecule has 0 aliphatic carbocycles. The van der Waals surface area contributed by atoms with E-state index in [4.69, 9.17) is 16.3 Å². The number of thioether (sulfide) groups is 1. The van der Waals surface area contributed by atoms with E-state index in [1.807, 2.05) is 53.6 Å². The zero-order valence-corrected chi connectivity index (χ0v) is 24.0. The van der Waals surface area contributed by atoms with Gasteiger partial charge in [0.2, 0.25) is 5.91 Å². The highest BCUT2D eigenvalue weighted by Crippen LogP contribution is 2.29. The fourth-order valence-electron chi connectivity index (χ4n) is 4.62. The number of halogens is 1. The van der Waals surface area contributed by atoms with Crippen molar-refractivity contribution in [2.45, 2.75) is 38.4 Å². The van der Waals surface area contributed by atoms with E-state index >= 15 is 0 Å². The molecule has 1 aliphatic rings. The van der Waals surface area contributed by atoms with Gasteiger partial charge in [0.25, 0.3) is 5.91 Å². The number of amides is 2. The van der Waals surface area contributed by atoms with Crippen LogP contribution in [-0.4, -0.2) is 45.5 Å². The van der Waals surface area contributed by atoms with Crippen LogP contribution >= 0.6 is 23.4 Å². The number of benzene rings is 3. The topological polar surface area (TPSA) is 89.4 Å². The first kappa shape index (κ1) is 27.7. The molecule has 4 aromatic rings. The molecule has 2 amide bonds. The molecule has 10 heteroatoms. The van der Waals surface area contributed by atoms with E-state index < -0.39 is 0 Å². The number of ether oxygens (including phenoxy) is 1. The Balaban J connectivity index is 1.31. The summed E-state index contributed by atoms with van der Waals surface area (Å²) in [5.74, 6) is 1.07. The summed E-state index contributed by atoms with van der Waals surface area (Å²) in [6, 6.07) is 21.0. The van der Waals surface area contributed by atoms with E-state index in [-0.39, 0.29) is 30.7 Å². The van der Waals surface area contributed by atoms with Gasteiger partial charge in [-0.1, -0.05) is 53.7 Å². The average Bonchev–Trinajstić information content (AvgIpc) is 3.37. The van der Waals surface area contributed by atoms with Crippen LogP contribution in [0.1, 0.15) is 28.9 Å². The summed E-state index contributed by atoms with van der Waals surface area (Å²) >= 11 is 7.25. The first-order chi connectivity index (χ1) is 19.4. The predicted molar refractivity (Wildman–Crippen MR) is 157 cm³/mol. The van der Waals surface area contributed by atoms with Gasteiger partial charge in [0.1, 0.15) is 5.75 Å². The van der Waals surface area contributed by atoms with Crippen LogP contribution in [0.25, 0.3) is 5.69 Å². The second kappa shape index (κ2) is 12.6. The average molecular weight is 576 g/mol. The largest absolute Gasteiger partial charge is 0.484 e. The summed E-state index contributed by atoms with van der Waals surface area (Å²) in [6.07, 6.45) is 1.92. The van der Waals surface area contributed by atoms with E-state index in [1.54, 1.807) is 24.3 Å². The van der Waals surface area contributed by atoms with Gasteiger partial charge >= 0.3 is 0 Å². The molecular weight excluding hydrogens is 546 g/mol. The third-order valence-electron chi connectivity index (χ3n) is 6.67. The van der Waals surface area contributed by atoms with E-state index in [9.17, 15) is 9.59 Å². The second-order valence-corrected chi connectivity index (χ2v) is 11.0. The van der Waals surface area contributed by atoms with Crippen LogP contribution in [0.4, 0.5) is 5.69 Å². The van der Waals surface area contributed by atoms with Crippen molar-refractivity contribution < 1.29 is 14.3 Å². The van der Waals surface area contributed by atoms with Crippen LogP contribution in [0.3, 0.4) is 0 Å². The normalized spacial score (nSPS) is 12.6. The van der Waals surface area contributed by atoms with Gasteiger partial charge in [-0.15, -0.1) is 10.2 Å². The van der Waals surface area contributed by atoms with Crippen molar-refractivity contribution in [1.82, 2.24) is 20.1 Å². The number of aryl methyl sites for hydroxylation is 3. The van der Waals surface area contributed by atoms with Gasteiger partial charge in [-0.2, -0.15) is 0 Å². The van der Waals surface area contributed by atoms with Crippen molar-refractivity contribution in [3.8, 4) is 11.4 Å². The Morgan fingerprint density at radius 1 is 1.02 bits per heavy atom. The molecule has 0 unspecified atom stereocenters. The lowest BCUT2D eigenvalue weighted by atomic mass is 10.0. The van der Waals surface area contributed by atoms with Crippen molar-refractivity contribution >= 4 is 40.9 Å². The van der Waals surface area contributed by atoms with Crippen molar-refractivity contribution in [2.24, 2.45) is 0 Å². The Hall–Kier alpha value is -3.82. The fourth-order valence-corrected chi connectivity index (χ4v) is 5.58. The number of nitrogens with one attached hydrogen (secondary N) is 1. The molecule has 0 saturated carbocycles. The number of carbonyl (C=O) groups excluding carboxylic acids is 2. The molecular formula is C30H30ClN5O3S. The lowest BCUT2D eigenvalue weighted by Gasteiger charge is -2.29. The minimum atomic E-state index is -0.293. The SMILES string of the molecule is Cc1ccc(C)c(-n2c(CNC(=O)COc3ccc(Cl)cc3)nnc2SCC(=O)N2CCCc3ccccc32)c1. The standard InChI is InChI=1S/C30H30ClN5O3S/c1-20-9-10-21(2)26(16-20)36-27(17-32-28(37)18-39-24-13-11-23(31)12-14-24)33-34-30(36)40-19-29(38)35-15-5-7-22-6-3-4-8-25(22)35/h3-4,6,8-14,16H,5,7,15,17-19H2,1-2H3,(H,32,37). The van der Waals surface area contributed by atoms with Crippen LogP contribution < -0.4 is 15.0 Å². The van der Waals surface area contributed by atoms with Crippen molar-refractivity contribution in [3.63, 3.8) is 0 Å². The number of nitrogens with zero attached hydrogens (tertiary/aromatic N) is 4. The molecule has 1 aromatic heterocycles. The van der Waals surface area contributed by atoms with E-state index in [2.05, 4.69) is 27.6 Å². The van der Waals surface area contributed by atoms with Crippen molar-refractivity contribution in [1.29, 1.82) is 0 Å². The molecule has 1 aliphatic heterocycles. The summed E-state index contributed by atoms with van der Waals surface area (Å²) in [5.41, 5.74) is 5.20. The van der Waals surface area contributed by atoms with Crippen LogP contribution in [-0.2, 0) is 22.6 Å². The molecule has 0 radical (unpaired) electrons. The highest BCUT2D eigenvalue weighted by Gasteiger charge is 2.24. The molecule has 3 aromatic carbocycles. The van der Waals surface area contributed by atoms with Gasteiger partial charge in [-0.25, -0.2) is 0 Å². The molecule has 0 fully saturated rings. The number of aromatic nitrogens is 3. The molecule has 8 nitrogen and oxygen atoms in total. The smallest absolute Gasteiger partial charge is 0.258 e. The Morgan fingerprint density at radius 3 is 2.65 bits per heavy atom. The van der Waals surface area contributed by atoms with Gasteiger partial charge in [-0.05, 0) is 79.8 Å². The van der Waals surface area contributed by atoms with Gasteiger partial charge in [0.05, 0.1) is 18.0 Å². The maximum Gasteiger partial charge on any atom is 0.258 e. The summed E-state index contributed by atoms with van der Waals surface area (Å²) in [6.45, 7) is 4.74. The third kappa shape index (κ3) is 6.48. The maximum absolute atomic E-state index is 13.3. The lowest BCUT2D eigenvalue weighted by molar-refractivity contribution is -0.123. The Labute approximate surface area is 242 Å². The molecule has 0 spiro atoms. The fraction of sp³-hybridized carbons (Fsp3) is 0.267. The number of carbonyl (C=O) groups is 2. The number of anilines is 1. The first-order valence-electron chi connectivity index (χ1n) is 13.1. The molecule has 0 saturated heterocycles. The van der Waals surface area contributed by atoms with Crippen LogP contribution in [0.5, 0.6) is 5.75 Å². The molecule has 2 heterocycles. The van der Waals surface area contributed by atoms with Crippen molar-refractivity contribution in [3.05, 3.63) is 94.3 Å². The van der Waals surface area contributed by atoms with Crippen LogP contribution in [0, 0.1) is 13.8 Å². The predicted octanol–water partition coefficient (Wildman–Crippen LogP) is 5.30. The quantitative estimate of drug-likeness (QED) is 0.272. The molecule has 0 atom stereocenters. The first-order valence-corrected chi connectivity index (χ1v) is 14.4. The van der Waals surface area contributed by atoms with Crippen molar-refractivity contribution in [2.75, 3.05) is 23.8 Å². The Morgan fingerprint density at radius 2 is 1.82 bits per heavy atom. The summed E-state index contributed by atoms with van der Waals surface area (Å²) in [4.78, 5) is 27.7. The monoisotopic (exact) mass is 575 g/mol. The van der Waals surface area contributed by atoms with Gasteiger partial charge in [-0.3, -0.25) is 14.2 Å². The molecule has 206 valence electrons. The molecule has 0 bridgehead atoms. The van der Waals surface area contributed by atoms with Crippen LogP contribution in [0.15, 0.2) is 71.9 Å². The minimum Gasteiger partial charge on any atom is -0.484 e. The van der Waals surface area contributed by atoms with E-state index in [0.29, 0.717) is 28.3 Å². The van der Waals surface area contributed by atoms with E-state index in [1.165, 1.54) is 17.3 Å². The van der Waals surface area contributed by atoms with Gasteiger partial charge in [0.15, 0.2) is 17.6 Å². The third-order valence-corrected chi connectivity index (χ3v) is 7.83. The van der Waals surface area contributed by atoms with Gasteiger partial charge in [0, 0.05) is 17.3 Å². The molecule has 1 N–H and O–H groups in total. The zero-order valence-electron chi connectivity index (χ0n) is 22.4. The zero-order chi connectivity index (χ0) is 28.1. The Kier molecular flexibility index (Phi) is 8.72. The number of fused-ring (bicyclic) bond motifs is 1. The number of rotatable bonds is 9. The summed E-state index contributed by atoms with van der Waals surface area (Å²) in [5, 5.41) is 12.9. The highest BCUT2D eigenvalue weighted by molar-refractivity contribution is 7.99. The summed E-state index contributed by atoms with van der Waals surface area (Å²) < 4.78 is 7.48. The second-order valence-electron chi connectivity index (χ2n) is 9.61. The lowest BCUT2D eigenvalue weighted by Crippen LogP contribution is -2.36. The van der Waals surface area contributed by atoms with E-state index in [0.717, 1.165) is 35.3 Å². The maximum atomic E-state index is 13.3. The Bertz CT molecular complexity index is 1520. The number of para-hydroxylation sites is 1. The number of hydrogen-bond donors (Lipinski definition) is 1. The summed E-state index contributed by atoms with van der Waals surface area (Å²) in [7, 11) is 0. The van der Waals surface area contributed by atoms with Gasteiger partial charge < -0.3 is 15.0 Å². The molecule has 40 heavy (non-hydrogen) atoms. The minimum absolute atomic E-state index is 0.0295.